The first-order valence-electron chi connectivity index (χ1n) is 6.49. The number of rotatable bonds is 4. The lowest BCUT2D eigenvalue weighted by Crippen LogP contribution is -2.33. The van der Waals surface area contributed by atoms with Gasteiger partial charge in [0.05, 0.1) is 5.69 Å². The van der Waals surface area contributed by atoms with Crippen LogP contribution in [-0.4, -0.2) is 24.0 Å². The Morgan fingerprint density at radius 2 is 2.25 bits per heavy atom. The van der Waals surface area contributed by atoms with Gasteiger partial charge in [-0.1, -0.05) is 0 Å². The molecule has 0 saturated heterocycles. The van der Waals surface area contributed by atoms with Crippen LogP contribution < -0.4 is 21.1 Å². The van der Waals surface area contributed by atoms with E-state index in [1.165, 1.54) is 0 Å². The second-order valence-electron chi connectivity index (χ2n) is 5.58. The Hall–Kier alpha value is -2.08. The lowest BCUT2D eigenvalue weighted by molar-refractivity contribution is -0.118. The third-order valence-corrected chi connectivity index (χ3v) is 2.89. The average Bonchev–Trinajstić information content (AvgIpc) is 2.35. The van der Waals surface area contributed by atoms with Crippen LogP contribution in [0.15, 0.2) is 18.2 Å². The van der Waals surface area contributed by atoms with E-state index >= 15 is 0 Å². The van der Waals surface area contributed by atoms with Crippen molar-refractivity contribution in [3.05, 3.63) is 18.2 Å². The number of hydrogen-bond donors (Lipinski definition) is 3. The molecule has 0 unspecified atom stereocenters. The molecule has 6 heteroatoms. The third-order valence-electron chi connectivity index (χ3n) is 2.89. The second-order valence-corrected chi connectivity index (χ2v) is 5.58. The van der Waals surface area contributed by atoms with Gasteiger partial charge in [-0.2, -0.15) is 0 Å². The fourth-order valence-corrected chi connectivity index (χ4v) is 1.82. The van der Waals surface area contributed by atoms with Crippen LogP contribution in [0.2, 0.25) is 0 Å². The number of ether oxygens (including phenoxy) is 1. The zero-order chi connectivity index (χ0) is 14.8. The number of anilines is 2. The first-order chi connectivity index (χ1) is 9.33. The lowest BCUT2D eigenvalue weighted by Gasteiger charge is -2.19. The highest BCUT2D eigenvalue weighted by Gasteiger charge is 2.17. The molecule has 0 fully saturated rings. The van der Waals surface area contributed by atoms with Crippen molar-refractivity contribution in [2.75, 3.05) is 17.2 Å². The minimum absolute atomic E-state index is 0.0181. The van der Waals surface area contributed by atoms with Crippen LogP contribution in [0.3, 0.4) is 0 Å². The highest BCUT2D eigenvalue weighted by molar-refractivity contribution is 5.97. The Bertz CT molecular complexity index is 535. The van der Waals surface area contributed by atoms with Crippen LogP contribution in [0, 0.1) is 0 Å². The van der Waals surface area contributed by atoms with Gasteiger partial charge in [0, 0.05) is 17.6 Å². The van der Waals surface area contributed by atoms with Crippen molar-refractivity contribution >= 4 is 23.2 Å². The predicted octanol–water partition coefficient (Wildman–Crippen LogP) is 1.47. The van der Waals surface area contributed by atoms with Gasteiger partial charge in [-0.3, -0.25) is 9.59 Å². The Labute approximate surface area is 117 Å². The van der Waals surface area contributed by atoms with Gasteiger partial charge in [0.1, 0.15) is 5.75 Å². The molecule has 0 radical (unpaired) electrons. The molecule has 2 rings (SSSR count). The number of hydrogen-bond acceptors (Lipinski definition) is 4. The first-order valence-corrected chi connectivity index (χ1v) is 6.49. The van der Waals surface area contributed by atoms with Gasteiger partial charge in [0.2, 0.25) is 5.91 Å². The molecule has 0 atom stereocenters. The maximum Gasteiger partial charge on any atom is 0.262 e. The van der Waals surface area contributed by atoms with Crippen LogP contribution in [-0.2, 0) is 9.59 Å². The van der Waals surface area contributed by atoms with E-state index < -0.39 is 0 Å². The molecule has 2 amide bonds. The Balaban J connectivity index is 1.98. The molecule has 1 heterocycles. The summed E-state index contributed by atoms with van der Waals surface area (Å²) in [6.07, 6.45) is 0.951. The SMILES string of the molecule is CC(C)(N)CCC(=O)Nc1ccc2c(c1)NC(=O)CO2. The first kappa shape index (κ1) is 14.3. The molecule has 0 aliphatic carbocycles. The molecule has 0 saturated carbocycles. The average molecular weight is 277 g/mol. The molecular formula is C14H19N3O3. The van der Waals surface area contributed by atoms with E-state index in [0.29, 0.717) is 30.0 Å². The zero-order valence-electron chi connectivity index (χ0n) is 11.7. The van der Waals surface area contributed by atoms with Gasteiger partial charge in [0.25, 0.3) is 5.91 Å². The molecule has 1 aromatic rings. The summed E-state index contributed by atoms with van der Waals surface area (Å²) in [6.45, 7) is 3.78. The zero-order valence-corrected chi connectivity index (χ0v) is 11.7. The van der Waals surface area contributed by atoms with Crippen molar-refractivity contribution in [3.63, 3.8) is 0 Å². The Morgan fingerprint density at radius 3 is 2.95 bits per heavy atom. The van der Waals surface area contributed by atoms with Crippen LogP contribution in [0.25, 0.3) is 0 Å². The lowest BCUT2D eigenvalue weighted by atomic mass is 10.00. The normalized spacial score (nSPS) is 14.1. The second kappa shape index (κ2) is 5.50. The van der Waals surface area contributed by atoms with Gasteiger partial charge in [-0.05, 0) is 38.5 Å². The molecule has 6 nitrogen and oxygen atoms in total. The summed E-state index contributed by atoms with van der Waals surface area (Å²) in [5.74, 6) is 0.295. The van der Waals surface area contributed by atoms with Crippen molar-refractivity contribution in [2.45, 2.75) is 32.2 Å². The number of fused-ring (bicyclic) bond motifs is 1. The van der Waals surface area contributed by atoms with Crippen LogP contribution in [0.4, 0.5) is 11.4 Å². The van der Waals surface area contributed by atoms with Gasteiger partial charge < -0.3 is 21.1 Å². The number of amides is 2. The van der Waals surface area contributed by atoms with Gasteiger partial charge in [-0.15, -0.1) is 0 Å². The molecule has 0 spiro atoms. The Morgan fingerprint density at radius 1 is 1.50 bits per heavy atom. The van der Waals surface area contributed by atoms with Crippen molar-refractivity contribution < 1.29 is 14.3 Å². The molecule has 0 aromatic heterocycles. The molecule has 20 heavy (non-hydrogen) atoms. The van der Waals surface area contributed by atoms with Crippen molar-refractivity contribution in [1.82, 2.24) is 0 Å². The van der Waals surface area contributed by atoms with Crippen molar-refractivity contribution in [1.29, 1.82) is 0 Å². The number of benzene rings is 1. The standard InChI is InChI=1S/C14H19N3O3/c1-14(2,15)6-5-12(18)16-9-3-4-11-10(7-9)17-13(19)8-20-11/h3-4,7H,5-6,8,15H2,1-2H3,(H,16,18)(H,17,19). The van der Waals surface area contributed by atoms with Gasteiger partial charge >= 0.3 is 0 Å². The maximum atomic E-state index is 11.8. The molecule has 0 bridgehead atoms. The van der Waals surface area contributed by atoms with Crippen LogP contribution in [0.1, 0.15) is 26.7 Å². The van der Waals surface area contributed by atoms with E-state index in [1.807, 2.05) is 13.8 Å². The van der Waals surface area contributed by atoms with E-state index in [-0.39, 0.29) is 24.0 Å². The summed E-state index contributed by atoms with van der Waals surface area (Å²) in [7, 11) is 0. The Kier molecular flexibility index (Phi) is 3.94. The van der Waals surface area contributed by atoms with Gasteiger partial charge in [-0.25, -0.2) is 0 Å². The van der Waals surface area contributed by atoms with Crippen molar-refractivity contribution in [2.24, 2.45) is 5.73 Å². The summed E-state index contributed by atoms with van der Waals surface area (Å²) in [6, 6.07) is 5.14. The fourth-order valence-electron chi connectivity index (χ4n) is 1.82. The molecule has 4 N–H and O–H groups in total. The number of carbonyl (C=O) groups is 2. The van der Waals surface area contributed by atoms with Gasteiger partial charge in [0.15, 0.2) is 6.61 Å². The topological polar surface area (TPSA) is 93.5 Å². The van der Waals surface area contributed by atoms with Crippen LogP contribution >= 0.6 is 0 Å². The summed E-state index contributed by atoms with van der Waals surface area (Å²) in [5.41, 5.74) is 6.66. The number of carbonyl (C=O) groups excluding carboxylic acids is 2. The van der Waals surface area contributed by atoms with Crippen molar-refractivity contribution in [3.8, 4) is 5.75 Å². The quantitative estimate of drug-likeness (QED) is 0.777. The monoisotopic (exact) mass is 277 g/mol. The highest BCUT2D eigenvalue weighted by atomic mass is 16.5. The molecule has 1 aromatic carbocycles. The van der Waals surface area contributed by atoms with E-state index in [1.54, 1.807) is 18.2 Å². The summed E-state index contributed by atoms with van der Waals surface area (Å²) in [5, 5.41) is 5.47. The minimum atomic E-state index is -0.366. The van der Waals surface area contributed by atoms with E-state index in [2.05, 4.69) is 10.6 Å². The number of nitrogens with one attached hydrogen (secondary N) is 2. The summed E-state index contributed by atoms with van der Waals surface area (Å²) in [4.78, 5) is 23.0. The smallest absolute Gasteiger partial charge is 0.262 e. The largest absolute Gasteiger partial charge is 0.482 e. The minimum Gasteiger partial charge on any atom is -0.482 e. The molecule has 1 aliphatic heterocycles. The summed E-state index contributed by atoms with van der Waals surface area (Å²) < 4.78 is 5.25. The highest BCUT2D eigenvalue weighted by Crippen LogP contribution is 2.30. The van der Waals surface area contributed by atoms with E-state index in [4.69, 9.17) is 10.5 Å². The molecule has 1 aliphatic rings. The molecule has 108 valence electrons. The maximum absolute atomic E-state index is 11.8. The summed E-state index contributed by atoms with van der Waals surface area (Å²) >= 11 is 0. The number of nitrogens with two attached hydrogens (primary N) is 1. The predicted molar refractivity (Wildman–Crippen MR) is 76.7 cm³/mol. The fraction of sp³-hybridized carbons (Fsp3) is 0.429. The third kappa shape index (κ3) is 3.96. The van der Waals surface area contributed by atoms with Crippen LogP contribution in [0.5, 0.6) is 5.75 Å². The van der Waals surface area contributed by atoms with E-state index in [9.17, 15) is 9.59 Å². The molecular weight excluding hydrogens is 258 g/mol. The van der Waals surface area contributed by atoms with E-state index in [0.717, 1.165) is 0 Å².